The number of carbonyl (C=O) groups is 3. The molecule has 1 rings (SSSR count). The number of nitrogens with one attached hydrogen (secondary N) is 1. The van der Waals surface area contributed by atoms with Crippen molar-refractivity contribution in [3.05, 3.63) is 0 Å². The van der Waals surface area contributed by atoms with Crippen molar-refractivity contribution in [2.75, 3.05) is 13.6 Å². The van der Waals surface area contributed by atoms with Gasteiger partial charge in [-0.1, -0.05) is 12.8 Å². The molecule has 0 spiro atoms. The lowest BCUT2D eigenvalue weighted by Crippen LogP contribution is -2.51. The van der Waals surface area contributed by atoms with E-state index in [4.69, 9.17) is 5.11 Å². The van der Waals surface area contributed by atoms with Crippen LogP contribution in [-0.2, 0) is 14.4 Å². The predicted molar refractivity (Wildman–Crippen MR) is 74.1 cm³/mol. The van der Waals surface area contributed by atoms with Crippen molar-refractivity contribution in [1.82, 2.24) is 10.2 Å². The molecule has 0 heterocycles. The van der Waals surface area contributed by atoms with Crippen molar-refractivity contribution in [2.24, 2.45) is 5.92 Å². The third-order valence-electron chi connectivity index (χ3n) is 4.10. The van der Waals surface area contributed by atoms with Crippen molar-refractivity contribution in [3.8, 4) is 0 Å². The second kappa shape index (κ2) is 6.72. The molecule has 0 aliphatic heterocycles. The van der Waals surface area contributed by atoms with E-state index in [0.29, 0.717) is 0 Å². The standard InChI is InChI=1S/C14H24N2O4/c1-14(2,13(19)20)16(3)11(17)8-9-15-12(18)10-6-4-5-7-10/h10H,4-9H2,1-3H3,(H,15,18)(H,19,20). The maximum absolute atomic E-state index is 11.9. The van der Waals surface area contributed by atoms with Crippen LogP contribution >= 0.6 is 0 Å². The fourth-order valence-electron chi connectivity index (χ4n) is 2.25. The molecule has 0 aromatic rings. The topological polar surface area (TPSA) is 86.7 Å². The van der Waals surface area contributed by atoms with Gasteiger partial charge in [0.15, 0.2) is 0 Å². The Morgan fingerprint density at radius 3 is 2.30 bits per heavy atom. The number of hydrogen-bond acceptors (Lipinski definition) is 3. The first-order valence-corrected chi connectivity index (χ1v) is 7.04. The summed E-state index contributed by atoms with van der Waals surface area (Å²) in [5, 5.41) is 11.8. The van der Waals surface area contributed by atoms with E-state index in [1.165, 1.54) is 25.8 Å². The van der Waals surface area contributed by atoms with Crippen molar-refractivity contribution in [3.63, 3.8) is 0 Å². The van der Waals surface area contributed by atoms with Gasteiger partial charge in [-0.05, 0) is 26.7 Å². The van der Waals surface area contributed by atoms with Gasteiger partial charge in [-0.15, -0.1) is 0 Å². The molecule has 0 radical (unpaired) electrons. The third kappa shape index (κ3) is 3.95. The molecule has 0 saturated heterocycles. The maximum Gasteiger partial charge on any atom is 0.329 e. The molecular formula is C14H24N2O4. The summed E-state index contributed by atoms with van der Waals surface area (Å²) >= 11 is 0. The number of likely N-dealkylation sites (N-methyl/N-ethyl adjacent to an activating group) is 1. The van der Waals surface area contributed by atoms with Gasteiger partial charge in [0.25, 0.3) is 0 Å². The van der Waals surface area contributed by atoms with Crippen LogP contribution in [0.15, 0.2) is 0 Å². The SMILES string of the molecule is CN(C(=O)CCNC(=O)C1CCCC1)C(C)(C)C(=O)O. The summed E-state index contributed by atoms with van der Waals surface area (Å²) in [5.74, 6) is -1.25. The van der Waals surface area contributed by atoms with Gasteiger partial charge in [0.05, 0.1) is 0 Å². The number of nitrogens with zero attached hydrogens (tertiary/aromatic N) is 1. The van der Waals surface area contributed by atoms with Crippen molar-refractivity contribution in [1.29, 1.82) is 0 Å². The zero-order chi connectivity index (χ0) is 15.3. The molecule has 0 atom stereocenters. The molecule has 1 aliphatic rings. The van der Waals surface area contributed by atoms with Crippen molar-refractivity contribution in [2.45, 2.75) is 51.5 Å². The highest BCUT2D eigenvalue weighted by Gasteiger charge is 2.34. The van der Waals surface area contributed by atoms with Crippen molar-refractivity contribution >= 4 is 17.8 Å². The van der Waals surface area contributed by atoms with Crippen LogP contribution in [0.1, 0.15) is 46.0 Å². The van der Waals surface area contributed by atoms with Gasteiger partial charge >= 0.3 is 5.97 Å². The van der Waals surface area contributed by atoms with Gasteiger partial charge in [-0.2, -0.15) is 0 Å². The van der Waals surface area contributed by atoms with Gasteiger partial charge in [0.2, 0.25) is 11.8 Å². The first-order chi connectivity index (χ1) is 9.26. The summed E-state index contributed by atoms with van der Waals surface area (Å²) in [7, 11) is 1.47. The molecule has 1 fully saturated rings. The lowest BCUT2D eigenvalue weighted by atomic mass is 10.0. The number of hydrogen-bond donors (Lipinski definition) is 2. The van der Waals surface area contributed by atoms with E-state index in [1.807, 2.05) is 0 Å². The first kappa shape index (κ1) is 16.5. The number of carbonyl (C=O) groups excluding carboxylic acids is 2. The first-order valence-electron chi connectivity index (χ1n) is 7.04. The van der Waals surface area contributed by atoms with Crippen LogP contribution < -0.4 is 5.32 Å². The third-order valence-corrected chi connectivity index (χ3v) is 4.10. The van der Waals surface area contributed by atoms with Crippen LogP contribution in [0.25, 0.3) is 0 Å². The Hall–Kier alpha value is -1.59. The number of carboxylic acid groups (broad SMARTS) is 1. The van der Waals surface area contributed by atoms with E-state index in [-0.39, 0.29) is 30.7 Å². The largest absolute Gasteiger partial charge is 0.480 e. The van der Waals surface area contributed by atoms with Crippen LogP contribution in [0.3, 0.4) is 0 Å². The van der Waals surface area contributed by atoms with Gasteiger partial charge in [0, 0.05) is 25.9 Å². The predicted octanol–water partition coefficient (Wildman–Crippen LogP) is 1.00. The number of amides is 2. The smallest absolute Gasteiger partial charge is 0.329 e. The molecule has 0 unspecified atom stereocenters. The summed E-state index contributed by atoms with van der Waals surface area (Å²) in [6.45, 7) is 3.21. The van der Waals surface area contributed by atoms with Gasteiger partial charge in [0.1, 0.15) is 5.54 Å². The number of carboxylic acids is 1. The Balaban J connectivity index is 2.36. The Morgan fingerprint density at radius 1 is 1.25 bits per heavy atom. The van der Waals surface area contributed by atoms with Crippen LogP contribution in [0.4, 0.5) is 0 Å². The molecular weight excluding hydrogens is 260 g/mol. The molecule has 6 heteroatoms. The Bertz CT molecular complexity index is 387. The average molecular weight is 284 g/mol. The second-order valence-electron chi connectivity index (χ2n) is 5.84. The van der Waals surface area contributed by atoms with Crippen LogP contribution in [0, 0.1) is 5.92 Å². The Labute approximate surface area is 119 Å². The summed E-state index contributed by atoms with van der Waals surface area (Å²) in [5.41, 5.74) is -1.24. The highest BCUT2D eigenvalue weighted by molar-refractivity contribution is 5.86. The van der Waals surface area contributed by atoms with E-state index in [9.17, 15) is 14.4 Å². The molecule has 1 saturated carbocycles. The lowest BCUT2D eigenvalue weighted by Gasteiger charge is -2.31. The lowest BCUT2D eigenvalue weighted by molar-refractivity contribution is -0.155. The number of aliphatic carboxylic acids is 1. The average Bonchev–Trinajstić information content (AvgIpc) is 2.91. The van der Waals surface area contributed by atoms with Crippen LogP contribution in [0.2, 0.25) is 0 Å². The van der Waals surface area contributed by atoms with E-state index < -0.39 is 11.5 Å². The summed E-state index contributed by atoms with van der Waals surface area (Å²) in [4.78, 5) is 35.9. The zero-order valence-electron chi connectivity index (χ0n) is 12.4. The fourth-order valence-corrected chi connectivity index (χ4v) is 2.25. The normalized spacial score (nSPS) is 15.9. The summed E-state index contributed by atoms with van der Waals surface area (Å²) < 4.78 is 0. The second-order valence-corrected chi connectivity index (χ2v) is 5.84. The molecule has 2 N–H and O–H groups in total. The Kier molecular flexibility index (Phi) is 5.53. The highest BCUT2D eigenvalue weighted by atomic mass is 16.4. The van der Waals surface area contributed by atoms with Crippen molar-refractivity contribution < 1.29 is 19.5 Å². The molecule has 0 aromatic carbocycles. The van der Waals surface area contributed by atoms with E-state index in [1.54, 1.807) is 0 Å². The minimum atomic E-state index is -1.24. The summed E-state index contributed by atoms with van der Waals surface area (Å²) in [6.07, 6.45) is 4.14. The monoisotopic (exact) mass is 284 g/mol. The molecule has 1 aliphatic carbocycles. The van der Waals surface area contributed by atoms with Gasteiger partial charge in [-0.3, -0.25) is 9.59 Å². The highest BCUT2D eigenvalue weighted by Crippen LogP contribution is 2.24. The van der Waals surface area contributed by atoms with E-state index in [0.717, 1.165) is 25.7 Å². The fraction of sp³-hybridized carbons (Fsp3) is 0.786. The molecule has 2 amide bonds. The van der Waals surface area contributed by atoms with E-state index >= 15 is 0 Å². The minimum absolute atomic E-state index is 0.00967. The Morgan fingerprint density at radius 2 is 1.80 bits per heavy atom. The molecule has 20 heavy (non-hydrogen) atoms. The quantitative estimate of drug-likeness (QED) is 0.762. The van der Waals surface area contributed by atoms with Crippen LogP contribution in [0.5, 0.6) is 0 Å². The molecule has 114 valence electrons. The molecule has 6 nitrogen and oxygen atoms in total. The number of rotatable bonds is 6. The van der Waals surface area contributed by atoms with E-state index in [2.05, 4.69) is 5.32 Å². The molecule has 0 aromatic heterocycles. The maximum atomic E-state index is 11.9. The van der Waals surface area contributed by atoms with Crippen LogP contribution in [-0.4, -0.2) is 46.9 Å². The molecule has 0 bridgehead atoms. The van der Waals surface area contributed by atoms with Gasteiger partial charge in [-0.25, -0.2) is 4.79 Å². The van der Waals surface area contributed by atoms with Gasteiger partial charge < -0.3 is 15.3 Å². The minimum Gasteiger partial charge on any atom is -0.480 e. The zero-order valence-corrected chi connectivity index (χ0v) is 12.4. The summed E-state index contributed by atoms with van der Waals surface area (Å²) in [6, 6.07) is 0.